The van der Waals surface area contributed by atoms with Crippen molar-refractivity contribution in [2.24, 2.45) is 4.99 Å². The van der Waals surface area contributed by atoms with Gasteiger partial charge in [0.1, 0.15) is 17.9 Å². The average Bonchev–Trinajstić information content (AvgIpc) is 3.71. The van der Waals surface area contributed by atoms with Crippen molar-refractivity contribution in [3.8, 4) is 6.07 Å². The molecule has 3 aromatic rings. The number of carboxylic acids is 1. The molecule has 2 N–H and O–H groups in total. The number of nitrogens with zero attached hydrogens (tertiary/aromatic N) is 6. The average molecular weight is 678 g/mol. The number of benzene rings is 2. The van der Waals surface area contributed by atoms with E-state index in [4.69, 9.17) is 26.4 Å². The van der Waals surface area contributed by atoms with Crippen molar-refractivity contribution in [3.63, 3.8) is 0 Å². The second kappa shape index (κ2) is 13.5. The summed E-state index contributed by atoms with van der Waals surface area (Å²) >= 11 is 7.84. The minimum Gasteiger partial charge on any atom is -0.481 e. The summed E-state index contributed by atoms with van der Waals surface area (Å²) in [6, 6.07) is 9.88. The van der Waals surface area contributed by atoms with E-state index in [1.165, 1.54) is 36.6 Å². The van der Waals surface area contributed by atoms with Gasteiger partial charge < -0.3 is 20.1 Å². The number of ether oxygens (including phenoxy) is 1. The number of piperazine rings is 1. The topological polar surface area (TPSA) is 151 Å². The Hall–Kier alpha value is -4.84. The Morgan fingerprint density at radius 3 is 2.77 bits per heavy atom. The second-order valence-corrected chi connectivity index (χ2v) is 12.5. The maximum Gasteiger partial charge on any atom is 0.338 e. The van der Waals surface area contributed by atoms with Crippen LogP contribution in [0.4, 0.5) is 14.9 Å². The molecular weight excluding hydrogens is 649 g/mol. The highest BCUT2D eigenvalue weighted by Crippen LogP contribution is 2.37. The number of carboxylic acid groups (broad SMARTS) is 1. The van der Waals surface area contributed by atoms with Gasteiger partial charge in [0.05, 0.1) is 30.0 Å². The zero-order valence-corrected chi connectivity index (χ0v) is 26.7. The van der Waals surface area contributed by atoms with E-state index in [1.807, 2.05) is 5.38 Å². The van der Waals surface area contributed by atoms with Crippen molar-refractivity contribution in [2.75, 3.05) is 44.7 Å². The third-order valence-electron chi connectivity index (χ3n) is 8.34. The molecule has 0 aliphatic carbocycles. The Bertz CT molecular complexity index is 1840. The summed E-state index contributed by atoms with van der Waals surface area (Å²) in [6.45, 7) is 2.02. The van der Waals surface area contributed by atoms with E-state index >= 15 is 0 Å². The van der Waals surface area contributed by atoms with Gasteiger partial charge in [0.15, 0.2) is 10.8 Å². The molecule has 47 heavy (non-hydrogen) atoms. The predicted molar refractivity (Wildman–Crippen MR) is 172 cm³/mol. The summed E-state index contributed by atoms with van der Waals surface area (Å²) in [5.41, 5.74) is 2.68. The number of urea groups is 1. The van der Waals surface area contributed by atoms with Gasteiger partial charge in [-0.1, -0.05) is 23.7 Å². The number of aryl methyl sites for hydroxylation is 1. The fourth-order valence-electron chi connectivity index (χ4n) is 6.12. The van der Waals surface area contributed by atoms with Crippen molar-refractivity contribution in [2.45, 2.75) is 24.9 Å². The summed E-state index contributed by atoms with van der Waals surface area (Å²) in [5, 5.41) is 24.7. The van der Waals surface area contributed by atoms with E-state index in [-0.39, 0.29) is 42.1 Å². The van der Waals surface area contributed by atoms with Crippen molar-refractivity contribution >= 4 is 52.4 Å². The summed E-state index contributed by atoms with van der Waals surface area (Å²) in [4.78, 5) is 52.5. The van der Waals surface area contributed by atoms with E-state index < -0.39 is 23.8 Å². The number of carbonyl (C=O) groups is 3. The van der Waals surface area contributed by atoms with E-state index in [0.29, 0.717) is 65.1 Å². The lowest BCUT2D eigenvalue weighted by atomic mass is 9.95. The standard InChI is InChI=1S/C32H29ClFN7O5S/c1-46-31(44)27-24(37-29(30-36-8-11-47-30)38-28(27)22-5-4-20(34)13-23(22)33)17-39-9-10-40-21(15-39)16-41(32(40)45)25-6-2-18(3-7-26(42)43)12-19(25)14-35/h2,4-6,8,11-13,21,28H,3,7,9-10,15-17H2,1H3,(H,37,38)(H,42,43)/t21-,28-/m0/s1. The van der Waals surface area contributed by atoms with E-state index in [2.05, 4.69) is 21.3 Å². The number of amides is 2. The maximum absolute atomic E-state index is 14.0. The Morgan fingerprint density at radius 2 is 2.06 bits per heavy atom. The summed E-state index contributed by atoms with van der Waals surface area (Å²) in [6.07, 6.45) is 1.87. The van der Waals surface area contributed by atoms with Gasteiger partial charge >= 0.3 is 18.0 Å². The fourth-order valence-corrected chi connectivity index (χ4v) is 6.98. The monoisotopic (exact) mass is 677 g/mol. The number of aliphatic imine (C=N–C) groups is 1. The van der Waals surface area contributed by atoms with Crippen LogP contribution in [0.5, 0.6) is 0 Å². The number of aliphatic carboxylic acids is 1. The molecule has 6 rings (SSSR count). The van der Waals surface area contributed by atoms with Crippen molar-refractivity contribution < 1.29 is 28.6 Å². The van der Waals surface area contributed by atoms with Crippen LogP contribution in [-0.4, -0.2) is 89.6 Å². The molecular formula is C32H29ClFN7O5S. The van der Waals surface area contributed by atoms with Crippen LogP contribution >= 0.6 is 22.9 Å². The first-order valence-electron chi connectivity index (χ1n) is 14.7. The zero-order valence-electron chi connectivity index (χ0n) is 25.2. The number of fused-ring (bicyclic) bond motifs is 1. The minimum absolute atomic E-state index is 0.0591. The molecule has 2 amide bonds. The predicted octanol–water partition coefficient (Wildman–Crippen LogP) is 3.97. The normalized spacial score (nSPS) is 19.6. The molecule has 0 bridgehead atoms. The minimum atomic E-state index is -0.928. The number of thiazole rings is 1. The number of anilines is 1. The van der Waals surface area contributed by atoms with Gasteiger partial charge in [0, 0.05) is 67.0 Å². The molecule has 2 atom stereocenters. The van der Waals surface area contributed by atoms with Gasteiger partial charge in [-0.25, -0.2) is 19.0 Å². The number of methoxy groups -OCH3 is 1. The highest BCUT2D eigenvalue weighted by molar-refractivity contribution is 7.11. The molecule has 1 aromatic heterocycles. The highest BCUT2D eigenvalue weighted by Gasteiger charge is 2.43. The molecule has 0 unspecified atom stereocenters. The molecule has 0 spiro atoms. The summed E-state index contributed by atoms with van der Waals surface area (Å²) < 4.78 is 19.2. The van der Waals surface area contributed by atoms with Crippen LogP contribution in [0, 0.1) is 17.1 Å². The third-order valence-corrected chi connectivity index (χ3v) is 9.45. The molecule has 15 heteroatoms. The first-order chi connectivity index (χ1) is 22.7. The van der Waals surface area contributed by atoms with Crippen LogP contribution in [-0.2, 0) is 20.7 Å². The number of aromatic nitrogens is 1. The third kappa shape index (κ3) is 6.55. The number of nitriles is 1. The fraction of sp³-hybridized carbons (Fsp3) is 0.312. The smallest absolute Gasteiger partial charge is 0.338 e. The molecule has 242 valence electrons. The number of rotatable bonds is 9. The van der Waals surface area contributed by atoms with E-state index in [0.717, 1.165) is 0 Å². The van der Waals surface area contributed by atoms with Gasteiger partial charge in [0.25, 0.3) is 0 Å². The van der Waals surface area contributed by atoms with Crippen LogP contribution in [0.1, 0.15) is 34.2 Å². The number of esters is 1. The molecule has 3 aliphatic heterocycles. The molecule has 3 aliphatic rings. The lowest BCUT2D eigenvalue weighted by Gasteiger charge is -2.38. The van der Waals surface area contributed by atoms with E-state index in [1.54, 1.807) is 34.2 Å². The Morgan fingerprint density at radius 1 is 1.23 bits per heavy atom. The molecule has 0 saturated carbocycles. The molecule has 2 aromatic carbocycles. The van der Waals surface area contributed by atoms with Crippen LogP contribution in [0.15, 0.2) is 64.2 Å². The highest BCUT2D eigenvalue weighted by atomic mass is 35.5. The van der Waals surface area contributed by atoms with Gasteiger partial charge in [-0.05, 0) is 36.2 Å². The second-order valence-electron chi connectivity index (χ2n) is 11.2. The Balaban J connectivity index is 1.26. The van der Waals surface area contributed by atoms with Crippen molar-refractivity contribution in [3.05, 3.63) is 91.8 Å². The Labute approximate surface area is 278 Å². The Kier molecular flexibility index (Phi) is 9.21. The largest absolute Gasteiger partial charge is 0.481 e. The van der Waals surface area contributed by atoms with Gasteiger partial charge in [-0.3, -0.25) is 19.6 Å². The first kappa shape index (κ1) is 32.1. The van der Waals surface area contributed by atoms with Gasteiger partial charge in [0.2, 0.25) is 0 Å². The van der Waals surface area contributed by atoms with Crippen LogP contribution in [0.3, 0.4) is 0 Å². The molecule has 2 fully saturated rings. The SMILES string of the molecule is COC(=O)C1=C(CN2CCN3C(=O)N(c4ccc(CCC(=O)O)cc4C#N)C[C@@H]3C2)NC(c2nccs2)=N[C@H]1c1ccc(F)cc1Cl. The first-order valence-corrected chi connectivity index (χ1v) is 16.0. The number of amidine groups is 1. The quantitative estimate of drug-likeness (QED) is 0.321. The molecule has 12 nitrogen and oxygen atoms in total. The number of hydrogen-bond donors (Lipinski definition) is 2. The lowest BCUT2D eigenvalue weighted by Crippen LogP contribution is -2.53. The maximum atomic E-state index is 14.0. The number of halogens is 2. The molecule has 2 saturated heterocycles. The van der Waals surface area contributed by atoms with Gasteiger partial charge in [-0.15, -0.1) is 11.3 Å². The van der Waals surface area contributed by atoms with Crippen LogP contribution < -0.4 is 10.2 Å². The van der Waals surface area contributed by atoms with Crippen LogP contribution in [0.2, 0.25) is 5.02 Å². The molecule has 0 radical (unpaired) electrons. The lowest BCUT2D eigenvalue weighted by molar-refractivity contribution is -0.137. The summed E-state index contributed by atoms with van der Waals surface area (Å²) in [7, 11) is 1.28. The van der Waals surface area contributed by atoms with Crippen molar-refractivity contribution in [1.29, 1.82) is 5.26 Å². The van der Waals surface area contributed by atoms with Gasteiger partial charge in [-0.2, -0.15) is 5.26 Å². The van der Waals surface area contributed by atoms with Crippen molar-refractivity contribution in [1.82, 2.24) is 20.1 Å². The number of nitrogens with one attached hydrogen (secondary N) is 1. The zero-order chi connectivity index (χ0) is 33.2. The number of hydrogen-bond acceptors (Lipinski definition) is 10. The van der Waals surface area contributed by atoms with E-state index in [9.17, 15) is 24.0 Å². The number of carbonyl (C=O) groups excluding carboxylic acids is 2. The summed E-state index contributed by atoms with van der Waals surface area (Å²) in [5.74, 6) is -1.63. The molecule has 4 heterocycles. The van der Waals surface area contributed by atoms with Crippen LogP contribution in [0.25, 0.3) is 0 Å².